The van der Waals surface area contributed by atoms with Gasteiger partial charge < -0.3 is 10.6 Å². The van der Waals surface area contributed by atoms with Crippen LogP contribution < -0.4 is 10.6 Å². The number of amides is 2. The Morgan fingerprint density at radius 3 is 2.50 bits per heavy atom. The highest BCUT2D eigenvalue weighted by molar-refractivity contribution is 6.33. The lowest BCUT2D eigenvalue weighted by Gasteiger charge is -2.07. The molecule has 0 fully saturated rings. The van der Waals surface area contributed by atoms with Crippen LogP contribution in [0.3, 0.4) is 0 Å². The largest absolute Gasteiger partial charge is 0.350 e. The third-order valence-electron chi connectivity index (χ3n) is 3.67. The summed E-state index contributed by atoms with van der Waals surface area (Å²) >= 11 is 5.96. The van der Waals surface area contributed by atoms with Gasteiger partial charge in [-0.25, -0.2) is 4.68 Å². The zero-order chi connectivity index (χ0) is 18.4. The first kappa shape index (κ1) is 17.7. The van der Waals surface area contributed by atoms with Gasteiger partial charge in [0.2, 0.25) is 5.91 Å². The van der Waals surface area contributed by atoms with Crippen LogP contribution in [0, 0.1) is 0 Å². The lowest BCUT2D eigenvalue weighted by molar-refractivity contribution is -0.120. The zero-order valence-corrected chi connectivity index (χ0v) is 14.6. The van der Waals surface area contributed by atoms with Crippen LogP contribution >= 0.6 is 11.6 Å². The topological polar surface area (TPSA) is 76.0 Å². The number of halogens is 1. The van der Waals surface area contributed by atoms with Crippen molar-refractivity contribution in [2.75, 3.05) is 6.54 Å². The maximum atomic E-state index is 12.0. The van der Waals surface area contributed by atoms with Crippen LogP contribution in [0.15, 0.2) is 67.0 Å². The Kier molecular flexibility index (Phi) is 5.66. The monoisotopic (exact) mass is 368 g/mol. The van der Waals surface area contributed by atoms with Crippen LogP contribution in [-0.4, -0.2) is 28.1 Å². The van der Waals surface area contributed by atoms with Crippen molar-refractivity contribution in [3.05, 3.63) is 83.1 Å². The van der Waals surface area contributed by atoms with Gasteiger partial charge in [0.15, 0.2) is 0 Å². The smallest absolute Gasteiger partial charge is 0.253 e. The molecule has 0 aliphatic heterocycles. The second-order valence-electron chi connectivity index (χ2n) is 5.57. The quantitative estimate of drug-likeness (QED) is 0.702. The molecule has 0 aliphatic rings. The van der Waals surface area contributed by atoms with E-state index in [0.29, 0.717) is 17.1 Å². The van der Waals surface area contributed by atoms with Gasteiger partial charge in [0.1, 0.15) is 0 Å². The molecule has 26 heavy (non-hydrogen) atoms. The summed E-state index contributed by atoms with van der Waals surface area (Å²) in [5.41, 5.74) is 2.14. The van der Waals surface area contributed by atoms with Gasteiger partial charge in [0, 0.05) is 18.3 Å². The molecule has 3 rings (SSSR count). The summed E-state index contributed by atoms with van der Waals surface area (Å²) in [5, 5.41) is 9.91. The molecule has 2 aromatic carbocycles. The fraction of sp³-hybridized carbons (Fsp3) is 0.105. The molecule has 0 unspecified atom stereocenters. The number of rotatable bonds is 6. The van der Waals surface area contributed by atoms with Crippen LogP contribution in [0.2, 0.25) is 5.02 Å². The van der Waals surface area contributed by atoms with E-state index in [4.69, 9.17) is 11.6 Å². The van der Waals surface area contributed by atoms with E-state index in [9.17, 15) is 9.59 Å². The fourth-order valence-corrected chi connectivity index (χ4v) is 2.56. The molecule has 0 atom stereocenters. The van der Waals surface area contributed by atoms with E-state index in [-0.39, 0.29) is 18.4 Å². The fourth-order valence-electron chi connectivity index (χ4n) is 2.34. The normalized spacial score (nSPS) is 10.3. The molecular weight excluding hydrogens is 352 g/mol. The molecule has 0 radical (unpaired) electrons. The Balaban J connectivity index is 1.48. The summed E-state index contributed by atoms with van der Waals surface area (Å²) < 4.78 is 1.74. The second kappa shape index (κ2) is 8.31. The molecule has 1 heterocycles. The van der Waals surface area contributed by atoms with Crippen molar-refractivity contribution in [2.24, 2.45) is 0 Å². The van der Waals surface area contributed by atoms with Crippen molar-refractivity contribution in [1.82, 2.24) is 20.4 Å². The third kappa shape index (κ3) is 4.49. The highest BCUT2D eigenvalue weighted by Crippen LogP contribution is 2.14. The number of hydrogen-bond donors (Lipinski definition) is 2. The Morgan fingerprint density at radius 2 is 1.73 bits per heavy atom. The number of hydrogen-bond acceptors (Lipinski definition) is 3. The lowest BCUT2D eigenvalue weighted by atomic mass is 10.2. The van der Waals surface area contributed by atoms with E-state index in [0.717, 1.165) is 11.3 Å². The molecule has 2 N–H and O–H groups in total. The van der Waals surface area contributed by atoms with Crippen molar-refractivity contribution in [1.29, 1.82) is 0 Å². The maximum Gasteiger partial charge on any atom is 0.253 e. The van der Waals surface area contributed by atoms with Crippen molar-refractivity contribution in [3.8, 4) is 5.69 Å². The minimum absolute atomic E-state index is 0.128. The molecule has 2 amide bonds. The summed E-state index contributed by atoms with van der Waals surface area (Å²) in [5.74, 6) is -0.680. The predicted molar refractivity (Wildman–Crippen MR) is 99.2 cm³/mol. The van der Waals surface area contributed by atoms with E-state index < -0.39 is 0 Å². The van der Waals surface area contributed by atoms with E-state index in [2.05, 4.69) is 15.7 Å². The molecule has 1 aromatic heterocycles. The number of nitrogens with zero attached hydrogens (tertiary/aromatic N) is 2. The van der Waals surface area contributed by atoms with Gasteiger partial charge in [0.25, 0.3) is 5.91 Å². The Hall–Kier alpha value is -3.12. The number of aromatic nitrogens is 2. The second-order valence-corrected chi connectivity index (χ2v) is 5.98. The number of nitrogens with one attached hydrogen (secondary N) is 2. The lowest BCUT2D eigenvalue weighted by Crippen LogP contribution is -2.36. The molecule has 132 valence electrons. The van der Waals surface area contributed by atoms with Crippen LogP contribution in [0.1, 0.15) is 15.9 Å². The molecule has 0 bridgehead atoms. The minimum Gasteiger partial charge on any atom is -0.350 e. The summed E-state index contributed by atoms with van der Waals surface area (Å²) in [4.78, 5) is 23.9. The number of para-hydroxylation sites is 1. The highest BCUT2D eigenvalue weighted by atomic mass is 35.5. The van der Waals surface area contributed by atoms with Gasteiger partial charge >= 0.3 is 0 Å². The average Bonchev–Trinajstić information content (AvgIpc) is 3.14. The minimum atomic E-state index is -0.386. The van der Waals surface area contributed by atoms with E-state index in [1.807, 2.05) is 36.5 Å². The SMILES string of the molecule is O=C(CNC(=O)c1ccccc1Cl)NCc1cnn(-c2ccccc2)c1. The molecule has 0 saturated carbocycles. The predicted octanol–water partition coefficient (Wildman–Crippen LogP) is 2.57. The summed E-state index contributed by atoms with van der Waals surface area (Å²) in [6, 6.07) is 16.4. The number of carbonyl (C=O) groups is 2. The summed E-state index contributed by atoms with van der Waals surface area (Å²) in [7, 11) is 0. The van der Waals surface area contributed by atoms with Crippen molar-refractivity contribution in [3.63, 3.8) is 0 Å². The third-order valence-corrected chi connectivity index (χ3v) is 4.00. The van der Waals surface area contributed by atoms with Gasteiger partial charge in [-0.2, -0.15) is 5.10 Å². The standard InChI is InChI=1S/C19H17ClN4O2/c20-17-9-5-4-8-16(17)19(26)22-12-18(25)21-10-14-11-23-24(13-14)15-6-2-1-3-7-15/h1-9,11,13H,10,12H2,(H,21,25)(H,22,26). The molecule has 6 nitrogen and oxygen atoms in total. The Bertz CT molecular complexity index is 909. The van der Waals surface area contributed by atoms with Gasteiger partial charge in [-0.3, -0.25) is 9.59 Å². The molecule has 3 aromatic rings. The number of benzene rings is 2. The first-order chi connectivity index (χ1) is 12.6. The van der Waals surface area contributed by atoms with Crippen molar-refractivity contribution < 1.29 is 9.59 Å². The zero-order valence-electron chi connectivity index (χ0n) is 13.9. The first-order valence-electron chi connectivity index (χ1n) is 8.02. The van der Waals surface area contributed by atoms with Gasteiger partial charge in [-0.15, -0.1) is 0 Å². The van der Waals surface area contributed by atoms with Crippen LogP contribution in [0.4, 0.5) is 0 Å². The molecule has 0 saturated heterocycles. The maximum absolute atomic E-state index is 12.0. The Morgan fingerprint density at radius 1 is 1.00 bits per heavy atom. The van der Waals surface area contributed by atoms with E-state index in [1.165, 1.54) is 0 Å². The highest BCUT2D eigenvalue weighted by Gasteiger charge is 2.11. The van der Waals surface area contributed by atoms with Crippen molar-refractivity contribution >= 4 is 23.4 Å². The summed E-state index contributed by atoms with van der Waals surface area (Å²) in [6.45, 7) is 0.199. The van der Waals surface area contributed by atoms with Gasteiger partial charge in [-0.1, -0.05) is 41.9 Å². The molecule has 0 spiro atoms. The number of carbonyl (C=O) groups excluding carboxylic acids is 2. The van der Waals surface area contributed by atoms with Gasteiger partial charge in [0.05, 0.1) is 29.0 Å². The van der Waals surface area contributed by atoms with Crippen LogP contribution in [-0.2, 0) is 11.3 Å². The molecule has 0 aliphatic carbocycles. The Labute approximate surface area is 155 Å². The van der Waals surface area contributed by atoms with Gasteiger partial charge in [-0.05, 0) is 24.3 Å². The molecular formula is C19H17ClN4O2. The van der Waals surface area contributed by atoms with E-state index >= 15 is 0 Å². The van der Waals surface area contributed by atoms with Crippen LogP contribution in [0.5, 0.6) is 0 Å². The summed E-state index contributed by atoms with van der Waals surface area (Å²) in [6.07, 6.45) is 3.54. The molecule has 7 heteroatoms. The van der Waals surface area contributed by atoms with E-state index in [1.54, 1.807) is 35.1 Å². The first-order valence-corrected chi connectivity index (χ1v) is 8.39. The average molecular weight is 369 g/mol. The van der Waals surface area contributed by atoms with Crippen LogP contribution in [0.25, 0.3) is 5.69 Å². The van der Waals surface area contributed by atoms with Crippen molar-refractivity contribution in [2.45, 2.75) is 6.54 Å².